The van der Waals surface area contributed by atoms with Crippen LogP contribution in [-0.4, -0.2) is 10.2 Å². The molecule has 2 aliphatic rings. The SMILES string of the molecule is CC1CCC(CCC2CCC(c3ccc(O)cc3)(c3ccc(O)cc3)CC2)CC1. The number of phenols is 2. The number of benzene rings is 2. The average molecular weight is 393 g/mol. The Morgan fingerprint density at radius 2 is 1.07 bits per heavy atom. The van der Waals surface area contributed by atoms with Crippen molar-refractivity contribution in [3.8, 4) is 11.5 Å². The van der Waals surface area contributed by atoms with Gasteiger partial charge >= 0.3 is 0 Å². The van der Waals surface area contributed by atoms with Crippen molar-refractivity contribution >= 4 is 0 Å². The van der Waals surface area contributed by atoms with Crippen molar-refractivity contribution in [2.24, 2.45) is 17.8 Å². The lowest BCUT2D eigenvalue weighted by Crippen LogP contribution is -2.33. The highest BCUT2D eigenvalue weighted by Crippen LogP contribution is 2.48. The van der Waals surface area contributed by atoms with Crippen LogP contribution in [0.1, 0.15) is 82.3 Å². The van der Waals surface area contributed by atoms with Crippen LogP contribution in [0, 0.1) is 17.8 Å². The number of aromatic hydroxyl groups is 2. The van der Waals surface area contributed by atoms with E-state index in [1.807, 2.05) is 24.3 Å². The molecule has 0 bridgehead atoms. The first-order valence-electron chi connectivity index (χ1n) is 11.6. The summed E-state index contributed by atoms with van der Waals surface area (Å²) in [6, 6.07) is 15.6. The van der Waals surface area contributed by atoms with Crippen LogP contribution in [0.4, 0.5) is 0 Å². The van der Waals surface area contributed by atoms with Crippen LogP contribution in [0.5, 0.6) is 11.5 Å². The molecule has 0 heterocycles. The largest absolute Gasteiger partial charge is 0.508 e. The van der Waals surface area contributed by atoms with Gasteiger partial charge in [0.1, 0.15) is 11.5 Å². The van der Waals surface area contributed by atoms with Crippen LogP contribution in [0.2, 0.25) is 0 Å². The summed E-state index contributed by atoms with van der Waals surface area (Å²) < 4.78 is 0. The predicted molar refractivity (Wildman–Crippen MR) is 119 cm³/mol. The van der Waals surface area contributed by atoms with Crippen molar-refractivity contribution < 1.29 is 10.2 Å². The fourth-order valence-electron chi connectivity index (χ4n) is 5.85. The van der Waals surface area contributed by atoms with E-state index in [4.69, 9.17) is 0 Å². The Labute approximate surface area is 176 Å². The molecule has 0 saturated heterocycles. The molecule has 2 heteroatoms. The van der Waals surface area contributed by atoms with Gasteiger partial charge in [-0.15, -0.1) is 0 Å². The quantitative estimate of drug-likeness (QED) is 0.566. The van der Waals surface area contributed by atoms with E-state index in [0.29, 0.717) is 11.5 Å². The summed E-state index contributed by atoms with van der Waals surface area (Å²) in [4.78, 5) is 0. The molecule has 0 aliphatic heterocycles. The smallest absolute Gasteiger partial charge is 0.115 e. The third kappa shape index (κ3) is 4.63. The molecule has 2 nitrogen and oxygen atoms in total. The summed E-state index contributed by atoms with van der Waals surface area (Å²) in [5.74, 6) is 3.40. The molecule has 29 heavy (non-hydrogen) atoms. The van der Waals surface area contributed by atoms with Gasteiger partial charge in [-0.05, 0) is 78.8 Å². The average Bonchev–Trinajstić information content (AvgIpc) is 2.75. The minimum atomic E-state index is -0.00181. The molecule has 4 rings (SSSR count). The third-order valence-corrected chi connectivity index (χ3v) is 7.92. The minimum absolute atomic E-state index is 0.00181. The molecule has 0 aromatic heterocycles. The van der Waals surface area contributed by atoms with Gasteiger partial charge in [-0.3, -0.25) is 0 Å². The zero-order chi connectivity index (χ0) is 20.3. The topological polar surface area (TPSA) is 40.5 Å². The fourth-order valence-corrected chi connectivity index (χ4v) is 5.85. The van der Waals surface area contributed by atoms with Gasteiger partial charge < -0.3 is 10.2 Å². The number of rotatable bonds is 5. The Bertz CT molecular complexity index is 714. The number of hydrogen-bond donors (Lipinski definition) is 2. The Hall–Kier alpha value is -1.96. The van der Waals surface area contributed by atoms with Crippen LogP contribution in [0.3, 0.4) is 0 Å². The zero-order valence-electron chi connectivity index (χ0n) is 17.8. The maximum atomic E-state index is 9.77. The van der Waals surface area contributed by atoms with Gasteiger partial charge in [0.2, 0.25) is 0 Å². The molecule has 0 unspecified atom stereocenters. The van der Waals surface area contributed by atoms with Crippen LogP contribution in [-0.2, 0) is 5.41 Å². The summed E-state index contributed by atoms with van der Waals surface area (Å²) in [6.07, 6.45) is 13.4. The molecule has 2 aliphatic carbocycles. The molecule has 156 valence electrons. The standard InChI is InChI=1S/C27H36O2/c1-20-2-4-21(5-3-20)6-7-22-16-18-27(19-17-22,23-8-12-25(28)13-9-23)24-10-14-26(29)15-11-24/h8-15,20-22,28-29H,2-7,16-19H2,1H3. The second kappa shape index (κ2) is 8.81. The highest BCUT2D eigenvalue weighted by Gasteiger charge is 2.38. The first-order valence-corrected chi connectivity index (χ1v) is 11.6. The van der Waals surface area contributed by atoms with Crippen LogP contribution < -0.4 is 0 Å². The Morgan fingerprint density at radius 3 is 1.52 bits per heavy atom. The number of hydrogen-bond acceptors (Lipinski definition) is 2. The van der Waals surface area contributed by atoms with Crippen LogP contribution in [0.25, 0.3) is 0 Å². The molecular weight excluding hydrogens is 356 g/mol. The highest BCUT2D eigenvalue weighted by molar-refractivity contribution is 5.43. The van der Waals surface area contributed by atoms with E-state index >= 15 is 0 Å². The predicted octanol–water partition coefficient (Wildman–Crippen LogP) is 7.18. The summed E-state index contributed by atoms with van der Waals surface area (Å²) >= 11 is 0. The summed E-state index contributed by atoms with van der Waals surface area (Å²) in [5.41, 5.74) is 2.58. The van der Waals surface area contributed by atoms with E-state index in [9.17, 15) is 10.2 Å². The van der Waals surface area contributed by atoms with Crippen molar-refractivity contribution in [3.05, 3.63) is 59.7 Å². The lowest BCUT2D eigenvalue weighted by atomic mass is 9.62. The van der Waals surface area contributed by atoms with Crippen molar-refractivity contribution in [1.29, 1.82) is 0 Å². The van der Waals surface area contributed by atoms with E-state index in [0.717, 1.165) is 30.6 Å². The molecule has 0 atom stereocenters. The lowest BCUT2D eigenvalue weighted by Gasteiger charge is -2.42. The maximum absolute atomic E-state index is 9.77. The van der Waals surface area contributed by atoms with Gasteiger partial charge in [-0.2, -0.15) is 0 Å². The van der Waals surface area contributed by atoms with Gasteiger partial charge in [0.15, 0.2) is 0 Å². The third-order valence-electron chi connectivity index (χ3n) is 7.92. The van der Waals surface area contributed by atoms with Crippen molar-refractivity contribution in [2.45, 2.75) is 76.5 Å². The molecule has 2 aromatic carbocycles. The lowest BCUT2D eigenvalue weighted by molar-refractivity contribution is 0.217. The van der Waals surface area contributed by atoms with E-state index < -0.39 is 0 Å². The Balaban J connectivity index is 1.45. The first-order chi connectivity index (χ1) is 14.0. The normalized spacial score (nSPS) is 25.0. The molecule has 2 N–H and O–H groups in total. The molecule has 2 fully saturated rings. The minimum Gasteiger partial charge on any atom is -0.508 e. The monoisotopic (exact) mass is 392 g/mol. The number of phenolic OH excluding ortho intramolecular Hbond substituents is 2. The maximum Gasteiger partial charge on any atom is 0.115 e. The molecule has 0 amide bonds. The van der Waals surface area contributed by atoms with Gasteiger partial charge in [-0.25, -0.2) is 0 Å². The van der Waals surface area contributed by atoms with Crippen molar-refractivity contribution in [1.82, 2.24) is 0 Å². The summed E-state index contributed by atoms with van der Waals surface area (Å²) in [5, 5.41) is 19.5. The second-order valence-electron chi connectivity index (χ2n) is 9.82. The van der Waals surface area contributed by atoms with Crippen molar-refractivity contribution in [2.75, 3.05) is 0 Å². The van der Waals surface area contributed by atoms with Crippen molar-refractivity contribution in [3.63, 3.8) is 0 Å². The van der Waals surface area contributed by atoms with E-state index in [1.54, 1.807) is 0 Å². The molecule has 0 radical (unpaired) electrons. The van der Waals surface area contributed by atoms with Gasteiger partial charge in [0.25, 0.3) is 0 Å². The van der Waals surface area contributed by atoms with Gasteiger partial charge in [-0.1, -0.05) is 69.7 Å². The molecule has 0 spiro atoms. The van der Waals surface area contributed by atoms with E-state index in [1.165, 1.54) is 62.5 Å². The highest BCUT2D eigenvalue weighted by atomic mass is 16.3. The molecular formula is C27H36O2. The fraction of sp³-hybridized carbons (Fsp3) is 0.556. The zero-order valence-corrected chi connectivity index (χ0v) is 17.8. The second-order valence-corrected chi connectivity index (χ2v) is 9.82. The summed E-state index contributed by atoms with van der Waals surface area (Å²) in [7, 11) is 0. The molecule has 2 aromatic rings. The van der Waals surface area contributed by atoms with Gasteiger partial charge in [0.05, 0.1) is 0 Å². The van der Waals surface area contributed by atoms with Crippen LogP contribution >= 0.6 is 0 Å². The van der Waals surface area contributed by atoms with Crippen LogP contribution in [0.15, 0.2) is 48.5 Å². The van der Waals surface area contributed by atoms with Gasteiger partial charge in [0, 0.05) is 5.41 Å². The Kier molecular flexibility index (Phi) is 6.18. The first kappa shape index (κ1) is 20.3. The Morgan fingerprint density at radius 1 is 0.655 bits per heavy atom. The summed E-state index contributed by atoms with van der Waals surface area (Å²) in [6.45, 7) is 2.41. The van der Waals surface area contributed by atoms with E-state index in [2.05, 4.69) is 31.2 Å². The van der Waals surface area contributed by atoms with E-state index in [-0.39, 0.29) is 5.41 Å². The molecule has 2 saturated carbocycles.